The Bertz CT molecular complexity index is 955. The molecule has 0 saturated carbocycles. The van der Waals surface area contributed by atoms with Crippen LogP contribution in [0.4, 0.5) is 0 Å². The van der Waals surface area contributed by atoms with Gasteiger partial charge in [-0.3, -0.25) is 0 Å². The third-order valence-corrected chi connectivity index (χ3v) is 5.46. The van der Waals surface area contributed by atoms with Gasteiger partial charge in [-0.05, 0) is 31.2 Å². The van der Waals surface area contributed by atoms with E-state index in [1.54, 1.807) is 30.3 Å². The van der Waals surface area contributed by atoms with Crippen LogP contribution in [0.15, 0.2) is 53.4 Å². The van der Waals surface area contributed by atoms with Crippen LogP contribution in [-0.2, 0) is 14.8 Å². The molecule has 4 rings (SSSR count). The maximum atomic E-state index is 13.0. The van der Waals surface area contributed by atoms with Gasteiger partial charge >= 0.3 is 0 Å². The zero-order valence-corrected chi connectivity index (χ0v) is 12.7. The lowest BCUT2D eigenvalue weighted by Crippen LogP contribution is -2.16. The summed E-state index contributed by atoms with van der Waals surface area (Å²) in [7, 11) is -3.70. The van der Waals surface area contributed by atoms with E-state index in [2.05, 4.69) is 4.98 Å². The molecule has 5 nitrogen and oxygen atoms in total. The maximum Gasteiger partial charge on any atom is 0.269 e. The largest absolute Gasteiger partial charge is 0.365 e. The van der Waals surface area contributed by atoms with Crippen molar-refractivity contribution in [3.05, 3.63) is 59.9 Å². The molecule has 1 saturated heterocycles. The van der Waals surface area contributed by atoms with Gasteiger partial charge < -0.3 is 4.74 Å². The summed E-state index contributed by atoms with van der Waals surface area (Å²) in [5.74, 6) is 0.446. The van der Waals surface area contributed by atoms with Crippen molar-refractivity contribution in [1.82, 2.24) is 8.96 Å². The number of hydrogen-bond donors (Lipinski definition) is 0. The Morgan fingerprint density at radius 3 is 2.50 bits per heavy atom. The zero-order valence-electron chi connectivity index (χ0n) is 11.9. The number of ether oxygens (including phenoxy) is 1. The summed E-state index contributed by atoms with van der Waals surface area (Å²) in [6, 6.07) is 14.0. The predicted molar refractivity (Wildman–Crippen MR) is 82.2 cm³/mol. The molecule has 1 aromatic heterocycles. The third kappa shape index (κ3) is 2.03. The van der Waals surface area contributed by atoms with E-state index < -0.39 is 10.0 Å². The van der Waals surface area contributed by atoms with Crippen molar-refractivity contribution in [2.75, 3.05) is 6.61 Å². The number of hydrogen-bond acceptors (Lipinski definition) is 4. The summed E-state index contributed by atoms with van der Waals surface area (Å²) in [6.45, 7) is 2.43. The van der Waals surface area contributed by atoms with Crippen molar-refractivity contribution in [2.45, 2.75) is 17.9 Å². The predicted octanol–water partition coefficient (Wildman–Crippen LogP) is 2.65. The Morgan fingerprint density at radius 2 is 1.82 bits per heavy atom. The molecule has 3 aromatic rings. The Hall–Kier alpha value is -2.18. The highest BCUT2D eigenvalue weighted by atomic mass is 32.2. The van der Waals surface area contributed by atoms with Gasteiger partial charge in [-0.2, -0.15) is 0 Å². The summed E-state index contributed by atoms with van der Waals surface area (Å²) in [5.41, 5.74) is 2.25. The van der Waals surface area contributed by atoms with Crippen LogP contribution in [0.25, 0.3) is 11.0 Å². The van der Waals surface area contributed by atoms with Crippen molar-refractivity contribution >= 4 is 21.1 Å². The number of epoxide rings is 1. The van der Waals surface area contributed by atoms with E-state index in [0.717, 1.165) is 5.56 Å². The monoisotopic (exact) mass is 314 g/mol. The van der Waals surface area contributed by atoms with E-state index in [1.165, 1.54) is 3.97 Å². The molecule has 0 bridgehead atoms. The Balaban J connectivity index is 1.99. The molecule has 0 radical (unpaired) electrons. The van der Waals surface area contributed by atoms with E-state index in [4.69, 9.17) is 4.74 Å². The minimum absolute atomic E-state index is 0.243. The molecular formula is C16H14N2O3S. The molecule has 0 N–H and O–H groups in total. The molecule has 2 heterocycles. The topological polar surface area (TPSA) is 64.5 Å². The fourth-order valence-electron chi connectivity index (χ4n) is 2.49. The van der Waals surface area contributed by atoms with Crippen molar-refractivity contribution in [1.29, 1.82) is 0 Å². The average Bonchev–Trinajstić information content (AvgIpc) is 3.27. The molecule has 2 aromatic carbocycles. The molecule has 22 heavy (non-hydrogen) atoms. The molecule has 1 aliphatic heterocycles. The molecule has 0 aliphatic carbocycles. The van der Waals surface area contributed by atoms with E-state index in [1.807, 2.05) is 25.1 Å². The van der Waals surface area contributed by atoms with Gasteiger partial charge in [0, 0.05) is 0 Å². The smallest absolute Gasteiger partial charge is 0.269 e. The summed E-state index contributed by atoms with van der Waals surface area (Å²) >= 11 is 0. The second kappa shape index (κ2) is 4.66. The van der Waals surface area contributed by atoms with E-state index in [-0.39, 0.29) is 11.0 Å². The van der Waals surface area contributed by atoms with Gasteiger partial charge in [-0.25, -0.2) is 17.4 Å². The van der Waals surface area contributed by atoms with E-state index in [9.17, 15) is 8.42 Å². The summed E-state index contributed by atoms with van der Waals surface area (Å²) in [6.07, 6.45) is -0.243. The van der Waals surface area contributed by atoms with Gasteiger partial charge in [0.15, 0.2) is 5.82 Å². The van der Waals surface area contributed by atoms with Crippen LogP contribution in [0.1, 0.15) is 17.5 Å². The standard InChI is InChI=1S/C16H14N2O3S/c1-11-6-8-12(9-7-11)22(19,20)18-14-5-3-2-4-13(14)17-16(18)15-10-21-15/h2-9,15H,10H2,1H3. The molecule has 0 spiro atoms. The van der Waals surface area contributed by atoms with Gasteiger partial charge in [0.05, 0.1) is 22.5 Å². The maximum absolute atomic E-state index is 13.0. The van der Waals surface area contributed by atoms with E-state index >= 15 is 0 Å². The zero-order chi connectivity index (χ0) is 15.3. The normalized spacial score (nSPS) is 17.8. The quantitative estimate of drug-likeness (QED) is 0.697. The Labute approximate surface area is 128 Å². The number of aromatic nitrogens is 2. The number of aryl methyl sites for hydroxylation is 1. The van der Waals surface area contributed by atoms with Crippen molar-refractivity contribution in [2.24, 2.45) is 0 Å². The molecule has 1 fully saturated rings. The lowest BCUT2D eigenvalue weighted by Gasteiger charge is -2.09. The van der Waals surface area contributed by atoms with Crippen LogP contribution < -0.4 is 0 Å². The molecular weight excluding hydrogens is 300 g/mol. The Kier molecular flexibility index (Phi) is 2.85. The SMILES string of the molecule is Cc1ccc(S(=O)(=O)n2c(C3CO3)nc3ccccc32)cc1. The first-order chi connectivity index (χ1) is 10.6. The number of benzene rings is 2. The lowest BCUT2D eigenvalue weighted by atomic mass is 10.2. The summed E-state index contributed by atoms with van der Waals surface area (Å²) < 4.78 is 32.7. The van der Waals surface area contributed by atoms with E-state index in [0.29, 0.717) is 23.5 Å². The van der Waals surface area contributed by atoms with Crippen LogP contribution in [-0.4, -0.2) is 24.0 Å². The highest BCUT2D eigenvalue weighted by Gasteiger charge is 2.35. The number of nitrogens with zero attached hydrogens (tertiary/aromatic N) is 2. The number of rotatable bonds is 3. The fraction of sp³-hybridized carbons (Fsp3) is 0.188. The molecule has 1 aliphatic rings. The molecule has 1 atom stereocenters. The minimum Gasteiger partial charge on any atom is -0.365 e. The summed E-state index contributed by atoms with van der Waals surface area (Å²) in [5, 5.41) is 0. The second-order valence-corrected chi connectivity index (χ2v) is 7.15. The third-order valence-electron chi connectivity index (χ3n) is 3.72. The van der Waals surface area contributed by atoms with Crippen molar-refractivity contribution < 1.29 is 13.2 Å². The van der Waals surface area contributed by atoms with Crippen LogP contribution in [0, 0.1) is 6.92 Å². The highest BCUT2D eigenvalue weighted by Crippen LogP contribution is 2.34. The molecule has 6 heteroatoms. The number of fused-ring (bicyclic) bond motifs is 1. The minimum atomic E-state index is -3.70. The Morgan fingerprint density at radius 1 is 1.14 bits per heavy atom. The average molecular weight is 314 g/mol. The first kappa shape index (κ1) is 13.5. The van der Waals surface area contributed by atoms with Crippen LogP contribution in [0.5, 0.6) is 0 Å². The number of imidazole rings is 1. The fourth-order valence-corrected chi connectivity index (χ4v) is 4.00. The van der Waals surface area contributed by atoms with Crippen LogP contribution in [0.3, 0.4) is 0 Å². The van der Waals surface area contributed by atoms with Gasteiger partial charge in [0.25, 0.3) is 10.0 Å². The number of para-hydroxylation sites is 2. The second-order valence-electron chi connectivity index (χ2n) is 5.36. The molecule has 1 unspecified atom stereocenters. The van der Waals surface area contributed by atoms with Crippen LogP contribution in [0.2, 0.25) is 0 Å². The van der Waals surface area contributed by atoms with Gasteiger partial charge in [-0.15, -0.1) is 0 Å². The molecule has 112 valence electrons. The first-order valence-electron chi connectivity index (χ1n) is 6.98. The highest BCUT2D eigenvalue weighted by molar-refractivity contribution is 7.90. The first-order valence-corrected chi connectivity index (χ1v) is 8.42. The van der Waals surface area contributed by atoms with Crippen LogP contribution >= 0.6 is 0 Å². The van der Waals surface area contributed by atoms with Crippen molar-refractivity contribution in [3.8, 4) is 0 Å². The molecule has 0 amide bonds. The summed E-state index contributed by atoms with van der Waals surface area (Å²) in [4.78, 5) is 4.70. The lowest BCUT2D eigenvalue weighted by molar-refractivity contribution is 0.406. The van der Waals surface area contributed by atoms with Crippen molar-refractivity contribution in [3.63, 3.8) is 0 Å². The van der Waals surface area contributed by atoms with Gasteiger partial charge in [0.1, 0.15) is 6.10 Å². The van der Waals surface area contributed by atoms with Gasteiger partial charge in [0.2, 0.25) is 0 Å². The van der Waals surface area contributed by atoms with Gasteiger partial charge in [-0.1, -0.05) is 29.8 Å².